The molecule has 0 radical (unpaired) electrons. The van der Waals surface area contributed by atoms with Crippen molar-refractivity contribution in [2.75, 3.05) is 19.7 Å². The third kappa shape index (κ3) is 8.76. The van der Waals surface area contributed by atoms with Crippen molar-refractivity contribution >= 4 is 41.5 Å². The lowest BCUT2D eigenvalue weighted by Gasteiger charge is -2.10. The fourth-order valence-corrected chi connectivity index (χ4v) is 1.70. The minimum absolute atomic E-state index is 0. The van der Waals surface area contributed by atoms with Crippen LogP contribution in [0.2, 0.25) is 5.02 Å². The van der Waals surface area contributed by atoms with Gasteiger partial charge in [-0.1, -0.05) is 25.4 Å². The Morgan fingerprint density at radius 3 is 2.67 bits per heavy atom. The number of rotatable bonds is 7. The molecule has 0 atom stereocenters. The first-order valence-electron chi connectivity index (χ1n) is 7.09. The highest BCUT2D eigenvalue weighted by atomic mass is 127. The Labute approximate surface area is 161 Å². The molecule has 0 aliphatic heterocycles. The number of hydrogen-bond donors (Lipinski definition) is 2. The standard InChI is InChI=1S/C14H20ClF3N4O.HI/c1-9(2)7-22-13(19)20-4-3-5-23-12-11(15)6-10(8-21-12)14(16,17)18;/h6,8-9H,3-5,7H2,1-2H3,(H3,19,20,22);1H. The fourth-order valence-electron chi connectivity index (χ4n) is 1.48. The van der Waals surface area contributed by atoms with Crippen molar-refractivity contribution in [3.63, 3.8) is 0 Å². The first kappa shape index (κ1) is 23.0. The normalized spacial score (nSPS) is 12.0. The van der Waals surface area contributed by atoms with Crippen LogP contribution in [0.4, 0.5) is 13.2 Å². The molecule has 1 aromatic heterocycles. The molecule has 0 amide bonds. The maximum absolute atomic E-state index is 12.5. The van der Waals surface area contributed by atoms with E-state index >= 15 is 0 Å². The molecule has 0 aliphatic rings. The average molecular weight is 481 g/mol. The molecule has 3 N–H and O–H groups in total. The maximum atomic E-state index is 12.5. The molecular formula is C14H21ClF3IN4O. The van der Waals surface area contributed by atoms with Crippen LogP contribution in [-0.4, -0.2) is 30.6 Å². The highest BCUT2D eigenvalue weighted by molar-refractivity contribution is 14.0. The van der Waals surface area contributed by atoms with Crippen molar-refractivity contribution in [1.29, 1.82) is 0 Å². The van der Waals surface area contributed by atoms with Gasteiger partial charge in [0.15, 0.2) is 5.96 Å². The summed E-state index contributed by atoms with van der Waals surface area (Å²) in [7, 11) is 0. The summed E-state index contributed by atoms with van der Waals surface area (Å²) < 4.78 is 42.7. The Morgan fingerprint density at radius 2 is 2.12 bits per heavy atom. The minimum Gasteiger partial charge on any atom is -0.477 e. The molecular weight excluding hydrogens is 460 g/mol. The van der Waals surface area contributed by atoms with E-state index in [4.69, 9.17) is 22.1 Å². The summed E-state index contributed by atoms with van der Waals surface area (Å²) >= 11 is 5.73. The fraction of sp³-hybridized carbons (Fsp3) is 0.571. The molecule has 0 spiro atoms. The number of aliphatic imine (C=N–C) groups is 1. The van der Waals surface area contributed by atoms with Crippen molar-refractivity contribution in [2.45, 2.75) is 26.4 Å². The highest BCUT2D eigenvalue weighted by Gasteiger charge is 2.31. The van der Waals surface area contributed by atoms with Gasteiger partial charge in [-0.3, -0.25) is 4.99 Å². The van der Waals surface area contributed by atoms with Crippen LogP contribution in [0.25, 0.3) is 0 Å². The van der Waals surface area contributed by atoms with E-state index in [-0.39, 0.29) is 41.5 Å². The summed E-state index contributed by atoms with van der Waals surface area (Å²) in [5.41, 5.74) is 4.74. The summed E-state index contributed by atoms with van der Waals surface area (Å²) in [5.74, 6) is 0.747. The summed E-state index contributed by atoms with van der Waals surface area (Å²) in [4.78, 5) is 7.71. The lowest BCUT2D eigenvalue weighted by Crippen LogP contribution is -2.33. The summed E-state index contributed by atoms with van der Waals surface area (Å²) in [6, 6.07) is 0.790. The molecule has 0 bridgehead atoms. The van der Waals surface area contributed by atoms with Crippen LogP contribution < -0.4 is 15.8 Å². The topological polar surface area (TPSA) is 72.5 Å². The second kappa shape index (κ2) is 10.8. The molecule has 10 heteroatoms. The van der Waals surface area contributed by atoms with Gasteiger partial charge in [-0.25, -0.2) is 4.98 Å². The van der Waals surface area contributed by atoms with Gasteiger partial charge in [-0.2, -0.15) is 13.2 Å². The zero-order valence-electron chi connectivity index (χ0n) is 13.4. The van der Waals surface area contributed by atoms with Crippen LogP contribution in [0, 0.1) is 5.92 Å². The predicted octanol–water partition coefficient (Wildman–Crippen LogP) is 3.70. The monoisotopic (exact) mass is 480 g/mol. The van der Waals surface area contributed by atoms with Crippen LogP contribution in [0.1, 0.15) is 25.8 Å². The Morgan fingerprint density at radius 1 is 1.46 bits per heavy atom. The number of guanidine groups is 1. The average Bonchev–Trinajstić information content (AvgIpc) is 2.45. The predicted molar refractivity (Wildman–Crippen MR) is 99.1 cm³/mol. The van der Waals surface area contributed by atoms with E-state index in [2.05, 4.69) is 15.3 Å². The van der Waals surface area contributed by atoms with Crippen molar-refractivity contribution in [1.82, 2.24) is 10.3 Å². The number of alkyl halides is 3. The zero-order valence-corrected chi connectivity index (χ0v) is 16.4. The Balaban J connectivity index is 0.00000529. The first-order valence-corrected chi connectivity index (χ1v) is 7.47. The molecule has 0 fully saturated rings. The van der Waals surface area contributed by atoms with Crippen LogP contribution in [-0.2, 0) is 6.18 Å². The quantitative estimate of drug-likeness (QED) is 0.270. The van der Waals surface area contributed by atoms with E-state index in [0.29, 0.717) is 37.6 Å². The number of ether oxygens (including phenoxy) is 1. The van der Waals surface area contributed by atoms with E-state index in [1.807, 2.05) is 13.8 Å². The van der Waals surface area contributed by atoms with Gasteiger partial charge < -0.3 is 15.8 Å². The second-order valence-electron chi connectivity index (χ2n) is 5.26. The first-order chi connectivity index (χ1) is 10.7. The van der Waals surface area contributed by atoms with Gasteiger partial charge in [0, 0.05) is 19.3 Å². The van der Waals surface area contributed by atoms with Crippen LogP contribution in [0.15, 0.2) is 17.3 Å². The smallest absolute Gasteiger partial charge is 0.417 e. The van der Waals surface area contributed by atoms with Gasteiger partial charge in [0.1, 0.15) is 5.02 Å². The Kier molecular flexibility index (Phi) is 10.4. The van der Waals surface area contributed by atoms with E-state index in [1.165, 1.54) is 0 Å². The van der Waals surface area contributed by atoms with Crippen molar-refractivity contribution < 1.29 is 17.9 Å². The number of nitrogens with zero attached hydrogens (tertiary/aromatic N) is 2. The van der Waals surface area contributed by atoms with Crippen molar-refractivity contribution in [2.24, 2.45) is 16.6 Å². The molecule has 1 heterocycles. The number of nitrogens with one attached hydrogen (secondary N) is 1. The van der Waals surface area contributed by atoms with Crippen LogP contribution in [0.5, 0.6) is 5.88 Å². The molecule has 24 heavy (non-hydrogen) atoms. The summed E-state index contributed by atoms with van der Waals surface area (Å²) in [6.07, 6.45) is -3.22. The lowest BCUT2D eigenvalue weighted by molar-refractivity contribution is -0.137. The van der Waals surface area contributed by atoms with Gasteiger partial charge in [0.2, 0.25) is 5.88 Å². The van der Waals surface area contributed by atoms with E-state index in [0.717, 1.165) is 6.07 Å². The minimum atomic E-state index is -4.48. The molecule has 0 unspecified atom stereocenters. The molecule has 0 saturated carbocycles. The number of nitrogens with two attached hydrogens (primary N) is 1. The molecule has 0 aliphatic carbocycles. The Hall–Kier alpha value is -0.970. The number of halogens is 5. The molecule has 138 valence electrons. The van der Waals surface area contributed by atoms with Crippen molar-refractivity contribution in [3.8, 4) is 5.88 Å². The summed E-state index contributed by atoms with van der Waals surface area (Å²) in [5, 5.41) is 2.74. The largest absolute Gasteiger partial charge is 0.477 e. The third-order valence-electron chi connectivity index (χ3n) is 2.63. The lowest BCUT2D eigenvalue weighted by atomic mass is 10.2. The van der Waals surface area contributed by atoms with E-state index < -0.39 is 11.7 Å². The van der Waals surface area contributed by atoms with Crippen molar-refractivity contribution in [3.05, 3.63) is 22.8 Å². The van der Waals surface area contributed by atoms with Crippen LogP contribution in [0.3, 0.4) is 0 Å². The SMILES string of the molecule is CC(C)CN=C(N)NCCCOc1ncc(C(F)(F)F)cc1Cl.I. The highest BCUT2D eigenvalue weighted by Crippen LogP contribution is 2.33. The van der Waals surface area contributed by atoms with E-state index in [9.17, 15) is 13.2 Å². The van der Waals surface area contributed by atoms with Gasteiger partial charge in [0.25, 0.3) is 0 Å². The van der Waals surface area contributed by atoms with Crippen LogP contribution >= 0.6 is 35.6 Å². The number of aromatic nitrogens is 1. The maximum Gasteiger partial charge on any atom is 0.417 e. The molecule has 0 saturated heterocycles. The summed E-state index contributed by atoms with van der Waals surface area (Å²) in [6.45, 7) is 5.46. The molecule has 0 aromatic carbocycles. The van der Waals surface area contributed by atoms with Gasteiger partial charge in [-0.15, -0.1) is 24.0 Å². The molecule has 1 rings (SSSR count). The number of pyridine rings is 1. The van der Waals surface area contributed by atoms with Gasteiger partial charge >= 0.3 is 6.18 Å². The molecule has 1 aromatic rings. The number of hydrogen-bond acceptors (Lipinski definition) is 3. The third-order valence-corrected chi connectivity index (χ3v) is 2.90. The van der Waals surface area contributed by atoms with E-state index in [1.54, 1.807) is 0 Å². The second-order valence-corrected chi connectivity index (χ2v) is 5.66. The van der Waals surface area contributed by atoms with Gasteiger partial charge in [0.05, 0.1) is 12.2 Å². The zero-order chi connectivity index (χ0) is 17.5. The molecule has 5 nitrogen and oxygen atoms in total. The Bertz CT molecular complexity index is 541. The van der Waals surface area contributed by atoms with Gasteiger partial charge in [-0.05, 0) is 18.4 Å².